The lowest BCUT2D eigenvalue weighted by Crippen LogP contribution is -2.58. The quantitative estimate of drug-likeness (QED) is 0.226. The average Bonchev–Trinajstić information content (AvgIpc) is 2.80. The summed E-state index contributed by atoms with van der Waals surface area (Å²) in [7, 11) is 1.66. The molecule has 1 unspecified atom stereocenters. The lowest BCUT2D eigenvalue weighted by Gasteiger charge is -2.46. The van der Waals surface area contributed by atoms with Crippen molar-refractivity contribution in [3.05, 3.63) is 39.7 Å². The summed E-state index contributed by atoms with van der Waals surface area (Å²) in [6.45, 7) is 1.09. The third-order valence-corrected chi connectivity index (χ3v) is 7.28. The maximum absolute atomic E-state index is 13.5. The molecule has 4 rings (SSSR count). The number of aromatic hydroxyl groups is 1. The summed E-state index contributed by atoms with van der Waals surface area (Å²) >= 11 is 0. The second-order valence-electron chi connectivity index (χ2n) is 9.38. The van der Waals surface area contributed by atoms with Crippen molar-refractivity contribution in [3.63, 3.8) is 0 Å². The molecule has 0 radical (unpaired) electrons. The Hall–Kier alpha value is -3.44. The molecule has 11 heteroatoms. The lowest BCUT2D eigenvalue weighted by molar-refractivity contribution is -0.147. The van der Waals surface area contributed by atoms with Gasteiger partial charge < -0.3 is 36.8 Å². The topological polar surface area (TPSA) is 182 Å². The number of ketones is 2. The predicted octanol–water partition coefficient (Wildman–Crippen LogP) is 0.913. The molecule has 0 aliphatic heterocycles. The summed E-state index contributed by atoms with van der Waals surface area (Å²) in [4.78, 5) is 37.7. The van der Waals surface area contributed by atoms with Crippen LogP contribution in [-0.4, -0.2) is 63.3 Å². The highest BCUT2D eigenvalue weighted by Gasteiger charge is 2.60. The Bertz CT molecular complexity index is 1210. The van der Waals surface area contributed by atoms with Gasteiger partial charge in [-0.2, -0.15) is 0 Å². The first-order valence-corrected chi connectivity index (χ1v) is 11.3. The minimum absolute atomic E-state index is 0.00585. The van der Waals surface area contributed by atoms with Crippen molar-refractivity contribution in [2.24, 2.45) is 17.6 Å². The Morgan fingerprint density at radius 2 is 1.97 bits per heavy atom. The molecule has 3 aliphatic rings. The van der Waals surface area contributed by atoms with E-state index in [-0.39, 0.29) is 42.7 Å². The van der Waals surface area contributed by atoms with E-state index in [1.165, 1.54) is 0 Å². The number of Topliss-reactive ketones (excluding diaryl/α,β-unsaturated/α-hetero) is 2. The van der Waals surface area contributed by atoms with E-state index in [9.17, 15) is 39.2 Å². The van der Waals surface area contributed by atoms with Crippen LogP contribution in [0.4, 0.5) is 10.1 Å². The molecule has 0 bridgehead atoms. The third-order valence-electron chi connectivity index (χ3n) is 7.28. The number of carbonyl (C=O) groups excluding carboxylic acids is 3. The van der Waals surface area contributed by atoms with Crippen molar-refractivity contribution in [1.82, 2.24) is 5.32 Å². The van der Waals surface area contributed by atoms with E-state index in [2.05, 4.69) is 10.6 Å². The maximum atomic E-state index is 13.5. The zero-order valence-corrected chi connectivity index (χ0v) is 19.3. The molecule has 1 fully saturated rings. The van der Waals surface area contributed by atoms with Crippen molar-refractivity contribution in [2.45, 2.75) is 44.4 Å². The number of aliphatic hydroxyl groups is 3. The lowest BCUT2D eigenvalue weighted by atomic mass is 9.59. The monoisotopic (exact) mass is 489 g/mol. The number of nitrogens with one attached hydrogen (secondary N) is 2. The minimum Gasteiger partial charge on any atom is -0.508 e. The Kier molecular flexibility index (Phi) is 6.10. The van der Waals surface area contributed by atoms with Crippen molar-refractivity contribution < 1.29 is 39.2 Å². The molecule has 3 aliphatic carbocycles. The van der Waals surface area contributed by atoms with E-state index in [1.54, 1.807) is 20.0 Å². The van der Waals surface area contributed by atoms with Crippen LogP contribution < -0.4 is 16.4 Å². The SMILES string of the molecule is CNc1cc(CNC(C)CF)c(O)c2c1C[C@H]1C[C@H]3CC(=O)C(C(N)=O)=C(O)[C@@]3(O)C(=O)C1=C2O. The van der Waals surface area contributed by atoms with E-state index in [1.807, 2.05) is 0 Å². The Morgan fingerprint density at radius 1 is 1.29 bits per heavy atom. The van der Waals surface area contributed by atoms with Crippen molar-refractivity contribution in [2.75, 3.05) is 19.0 Å². The fourth-order valence-electron chi connectivity index (χ4n) is 5.44. The summed E-state index contributed by atoms with van der Waals surface area (Å²) in [6, 6.07) is 1.19. The van der Waals surface area contributed by atoms with Crippen LogP contribution in [0.25, 0.3) is 5.76 Å². The van der Waals surface area contributed by atoms with Gasteiger partial charge in [-0.15, -0.1) is 0 Å². The van der Waals surface area contributed by atoms with Gasteiger partial charge in [0.15, 0.2) is 11.4 Å². The van der Waals surface area contributed by atoms with Gasteiger partial charge in [0.2, 0.25) is 5.78 Å². The Balaban J connectivity index is 1.87. The van der Waals surface area contributed by atoms with Gasteiger partial charge in [0.1, 0.15) is 29.5 Å². The average molecular weight is 490 g/mol. The molecular formula is C24H28FN3O7. The number of primary amides is 1. The van der Waals surface area contributed by atoms with Gasteiger partial charge in [-0.1, -0.05) is 0 Å². The number of phenols is 1. The van der Waals surface area contributed by atoms with Crippen LogP contribution in [0.3, 0.4) is 0 Å². The van der Waals surface area contributed by atoms with Crippen molar-refractivity contribution >= 4 is 28.9 Å². The van der Waals surface area contributed by atoms with E-state index in [4.69, 9.17) is 5.73 Å². The van der Waals surface area contributed by atoms with E-state index >= 15 is 0 Å². The number of hydrogen-bond acceptors (Lipinski definition) is 9. The number of nitrogens with two attached hydrogens (primary N) is 1. The number of carbonyl (C=O) groups is 3. The number of anilines is 1. The Labute approximate surface area is 200 Å². The molecule has 0 aromatic heterocycles. The molecule has 0 spiro atoms. The van der Waals surface area contributed by atoms with Gasteiger partial charge >= 0.3 is 0 Å². The molecular weight excluding hydrogens is 461 g/mol. The molecule has 0 saturated heterocycles. The number of hydrogen-bond donors (Lipinski definition) is 7. The van der Waals surface area contributed by atoms with Crippen LogP contribution in [0, 0.1) is 11.8 Å². The van der Waals surface area contributed by atoms with Gasteiger partial charge in [-0.25, -0.2) is 4.39 Å². The smallest absolute Gasteiger partial charge is 0.255 e. The van der Waals surface area contributed by atoms with E-state index < -0.39 is 64.7 Å². The Morgan fingerprint density at radius 3 is 2.57 bits per heavy atom. The van der Waals surface area contributed by atoms with Crippen molar-refractivity contribution in [3.8, 4) is 5.75 Å². The number of phenolic OH excluding ortho intramolecular Hbond substituents is 1. The number of aliphatic hydroxyl groups excluding tert-OH is 2. The van der Waals surface area contributed by atoms with Crippen molar-refractivity contribution in [1.29, 1.82) is 0 Å². The molecule has 1 amide bonds. The summed E-state index contributed by atoms with van der Waals surface area (Å²) in [5, 5.41) is 50.0. The number of alkyl halides is 1. The van der Waals surface area contributed by atoms with Gasteiger partial charge in [-0.3, -0.25) is 14.4 Å². The summed E-state index contributed by atoms with van der Waals surface area (Å²) in [5.74, 6) is -6.70. The van der Waals surface area contributed by atoms with Crippen LogP contribution in [0.1, 0.15) is 36.5 Å². The zero-order chi connectivity index (χ0) is 25.8. The zero-order valence-electron chi connectivity index (χ0n) is 19.3. The highest BCUT2D eigenvalue weighted by molar-refractivity contribution is 6.22. The van der Waals surface area contributed by atoms with Gasteiger partial charge in [0.25, 0.3) is 5.91 Å². The number of rotatable bonds is 6. The summed E-state index contributed by atoms with van der Waals surface area (Å²) in [6.07, 6.45) is -0.111. The molecule has 0 heterocycles. The number of benzene rings is 1. The van der Waals surface area contributed by atoms with Gasteiger partial charge in [0.05, 0.1) is 5.56 Å². The van der Waals surface area contributed by atoms with Gasteiger partial charge in [-0.05, 0) is 37.3 Å². The van der Waals surface area contributed by atoms with E-state index in [0.717, 1.165) is 0 Å². The van der Waals surface area contributed by atoms with Gasteiger partial charge in [0, 0.05) is 48.8 Å². The first kappa shape index (κ1) is 24.7. The summed E-state index contributed by atoms with van der Waals surface area (Å²) in [5.41, 5.74) is 3.01. The first-order chi connectivity index (χ1) is 16.5. The number of halogens is 1. The molecule has 8 N–H and O–H groups in total. The molecule has 35 heavy (non-hydrogen) atoms. The fourth-order valence-corrected chi connectivity index (χ4v) is 5.44. The van der Waals surface area contributed by atoms with Crippen LogP contribution in [-0.2, 0) is 27.3 Å². The highest BCUT2D eigenvalue weighted by Crippen LogP contribution is 2.53. The van der Waals surface area contributed by atoms with Crippen LogP contribution >= 0.6 is 0 Å². The normalized spacial score (nSPS) is 26.7. The third kappa shape index (κ3) is 3.57. The minimum atomic E-state index is -2.60. The standard InChI is InChI=1S/C24H28FN3O7/c1-9(7-25)28-8-11-5-14(27-2)13-4-10-3-12-6-15(29)18(23(26)34)22(33)24(12,35)21(32)16(10)20(31)17(13)19(11)30/h5,9-10,12,27-28,30-31,33,35H,3-4,6-8H2,1-2H3,(H2,26,34)/t9?,10-,12+,24+/m1/s1. The van der Waals surface area contributed by atoms with Crippen LogP contribution in [0.15, 0.2) is 23.0 Å². The maximum Gasteiger partial charge on any atom is 0.255 e. The first-order valence-electron chi connectivity index (χ1n) is 11.3. The molecule has 4 atom stereocenters. The molecule has 1 aromatic rings. The number of amides is 1. The molecule has 188 valence electrons. The summed E-state index contributed by atoms with van der Waals surface area (Å²) < 4.78 is 12.9. The molecule has 10 nitrogen and oxygen atoms in total. The largest absolute Gasteiger partial charge is 0.508 e. The second kappa shape index (κ2) is 8.65. The number of fused-ring (bicyclic) bond motifs is 3. The predicted molar refractivity (Wildman–Crippen MR) is 123 cm³/mol. The fraction of sp³-hybridized carbons (Fsp3) is 0.458. The van der Waals surface area contributed by atoms with Crippen LogP contribution in [0.2, 0.25) is 0 Å². The second-order valence-corrected chi connectivity index (χ2v) is 9.38. The van der Waals surface area contributed by atoms with E-state index in [0.29, 0.717) is 16.8 Å². The molecule has 1 aromatic carbocycles. The highest BCUT2D eigenvalue weighted by atomic mass is 19.1. The molecule has 1 saturated carbocycles. The van der Waals surface area contributed by atoms with Crippen LogP contribution in [0.5, 0.6) is 5.75 Å².